The van der Waals surface area contributed by atoms with Crippen LogP contribution < -0.4 is 0 Å². The van der Waals surface area contributed by atoms with Crippen LogP contribution in [0.2, 0.25) is 0 Å². The van der Waals surface area contributed by atoms with E-state index < -0.39 is 11.9 Å². The SMILES string of the molecule is C=CC=C.C=Cc1ccccc1.O=C(O)/C=C/C(=O)O. The van der Waals surface area contributed by atoms with Crippen molar-refractivity contribution < 1.29 is 19.8 Å². The minimum absolute atomic E-state index is 0.558. The molecule has 0 aliphatic rings. The van der Waals surface area contributed by atoms with Gasteiger partial charge < -0.3 is 10.2 Å². The van der Waals surface area contributed by atoms with Gasteiger partial charge in [0.25, 0.3) is 0 Å². The molecular weight excluding hydrogens is 256 g/mol. The molecule has 0 amide bonds. The fraction of sp³-hybridized carbons (Fsp3) is 0. The first-order valence-corrected chi connectivity index (χ1v) is 5.52. The van der Waals surface area contributed by atoms with Gasteiger partial charge in [0.05, 0.1) is 0 Å². The lowest BCUT2D eigenvalue weighted by Gasteiger charge is -1.85. The molecule has 0 fully saturated rings. The van der Waals surface area contributed by atoms with E-state index in [4.69, 9.17) is 10.2 Å². The second-order valence-electron chi connectivity index (χ2n) is 3.10. The molecule has 1 aromatic carbocycles. The van der Waals surface area contributed by atoms with Crippen molar-refractivity contribution in [1.29, 1.82) is 0 Å². The smallest absolute Gasteiger partial charge is 0.328 e. The Morgan fingerprint density at radius 2 is 1.25 bits per heavy atom. The number of rotatable bonds is 4. The first kappa shape index (κ1) is 19.5. The molecule has 0 saturated heterocycles. The largest absolute Gasteiger partial charge is 0.478 e. The van der Waals surface area contributed by atoms with Gasteiger partial charge in [-0.15, -0.1) is 0 Å². The van der Waals surface area contributed by atoms with Gasteiger partial charge in [0.15, 0.2) is 0 Å². The quantitative estimate of drug-likeness (QED) is 0.651. The van der Waals surface area contributed by atoms with Crippen molar-refractivity contribution in [3.63, 3.8) is 0 Å². The van der Waals surface area contributed by atoms with E-state index in [9.17, 15) is 9.59 Å². The van der Waals surface area contributed by atoms with Crippen molar-refractivity contribution in [3.05, 3.63) is 79.9 Å². The van der Waals surface area contributed by atoms with Crippen molar-refractivity contribution in [2.24, 2.45) is 0 Å². The standard InChI is InChI=1S/C8H8.C4H4O4.C4H6/c1-2-8-6-4-3-5-7-8;5-3(6)1-2-4(7)8;1-3-4-2/h2-7H,1H2;1-2H,(H,5,6)(H,7,8);3-4H,1-2H2/b;2-1+;. The third-order valence-electron chi connectivity index (χ3n) is 1.57. The van der Waals surface area contributed by atoms with Crippen molar-refractivity contribution in [3.8, 4) is 0 Å². The van der Waals surface area contributed by atoms with E-state index in [1.165, 1.54) is 5.56 Å². The molecule has 0 radical (unpaired) electrons. The number of carboxylic acids is 2. The lowest BCUT2D eigenvalue weighted by atomic mass is 10.2. The van der Waals surface area contributed by atoms with Crippen LogP contribution in [-0.2, 0) is 9.59 Å². The van der Waals surface area contributed by atoms with Crippen LogP contribution in [0.5, 0.6) is 0 Å². The first-order valence-electron chi connectivity index (χ1n) is 5.52. The van der Waals surface area contributed by atoms with Gasteiger partial charge in [0.2, 0.25) is 0 Å². The van der Waals surface area contributed by atoms with Crippen LogP contribution in [0.25, 0.3) is 6.08 Å². The molecule has 106 valence electrons. The third kappa shape index (κ3) is 17.5. The summed E-state index contributed by atoms with van der Waals surface area (Å²) in [5, 5.41) is 15.6. The monoisotopic (exact) mass is 274 g/mol. The molecular formula is C16H18O4. The number of hydrogen-bond acceptors (Lipinski definition) is 2. The normalized spacial score (nSPS) is 8.20. The summed E-state index contributed by atoms with van der Waals surface area (Å²) in [6.07, 6.45) is 6.23. The Balaban J connectivity index is 0. The molecule has 20 heavy (non-hydrogen) atoms. The van der Waals surface area contributed by atoms with E-state index in [-0.39, 0.29) is 0 Å². The van der Waals surface area contributed by atoms with Crippen molar-refractivity contribution in [1.82, 2.24) is 0 Å². The second kappa shape index (κ2) is 14.2. The lowest BCUT2D eigenvalue weighted by Crippen LogP contribution is -1.91. The van der Waals surface area contributed by atoms with Gasteiger partial charge in [-0.1, -0.05) is 68.3 Å². The van der Waals surface area contributed by atoms with E-state index in [1.54, 1.807) is 12.2 Å². The zero-order chi connectivity index (χ0) is 15.8. The van der Waals surface area contributed by atoms with Crippen LogP contribution in [0.4, 0.5) is 0 Å². The molecule has 0 saturated carbocycles. The van der Waals surface area contributed by atoms with E-state index in [0.717, 1.165) is 0 Å². The molecule has 0 atom stereocenters. The molecule has 4 nitrogen and oxygen atoms in total. The number of hydrogen-bond donors (Lipinski definition) is 2. The Bertz CT molecular complexity index is 437. The van der Waals surface area contributed by atoms with Crippen molar-refractivity contribution in [2.75, 3.05) is 0 Å². The van der Waals surface area contributed by atoms with Crippen LogP contribution in [-0.4, -0.2) is 22.2 Å². The molecule has 0 heterocycles. The predicted molar refractivity (Wildman–Crippen MR) is 81.3 cm³/mol. The maximum atomic E-state index is 9.55. The van der Waals surface area contributed by atoms with E-state index in [1.807, 2.05) is 36.4 Å². The Kier molecular flexibility index (Phi) is 13.8. The maximum Gasteiger partial charge on any atom is 0.328 e. The van der Waals surface area contributed by atoms with Crippen LogP contribution in [0.3, 0.4) is 0 Å². The highest BCUT2D eigenvalue weighted by Gasteiger charge is 1.88. The number of carbonyl (C=O) groups is 2. The second-order valence-corrected chi connectivity index (χ2v) is 3.10. The number of aliphatic carboxylic acids is 2. The summed E-state index contributed by atoms with van der Waals surface area (Å²) < 4.78 is 0. The van der Waals surface area contributed by atoms with E-state index in [2.05, 4.69) is 19.7 Å². The molecule has 0 unspecified atom stereocenters. The van der Waals surface area contributed by atoms with Gasteiger partial charge >= 0.3 is 11.9 Å². The lowest BCUT2D eigenvalue weighted by molar-refractivity contribution is -0.134. The van der Waals surface area contributed by atoms with Gasteiger partial charge in [0, 0.05) is 12.2 Å². The highest BCUT2D eigenvalue weighted by molar-refractivity contribution is 5.89. The average Bonchev–Trinajstić information content (AvgIpc) is 2.47. The maximum absolute atomic E-state index is 9.55. The molecule has 1 aromatic rings. The fourth-order valence-corrected chi connectivity index (χ4v) is 0.732. The first-order chi connectivity index (χ1) is 9.47. The van der Waals surface area contributed by atoms with Crippen LogP contribution in [0.1, 0.15) is 5.56 Å². The molecule has 1 rings (SSSR count). The number of allylic oxidation sites excluding steroid dienone is 2. The summed E-state index contributed by atoms with van der Waals surface area (Å²) >= 11 is 0. The van der Waals surface area contributed by atoms with Crippen molar-refractivity contribution in [2.45, 2.75) is 0 Å². The van der Waals surface area contributed by atoms with Crippen LogP contribution in [0.15, 0.2) is 74.4 Å². The predicted octanol–water partition coefficient (Wildman–Crippen LogP) is 3.40. The van der Waals surface area contributed by atoms with Crippen LogP contribution >= 0.6 is 0 Å². The summed E-state index contributed by atoms with van der Waals surface area (Å²) in [5.74, 6) is -2.51. The van der Waals surface area contributed by atoms with Gasteiger partial charge in [-0.3, -0.25) is 0 Å². The summed E-state index contributed by atoms with van der Waals surface area (Å²) in [7, 11) is 0. The van der Waals surface area contributed by atoms with Gasteiger partial charge in [-0.2, -0.15) is 0 Å². The Morgan fingerprint density at radius 1 is 0.850 bits per heavy atom. The highest BCUT2D eigenvalue weighted by atomic mass is 16.4. The number of benzene rings is 1. The molecule has 0 aliphatic heterocycles. The summed E-state index contributed by atoms with van der Waals surface area (Å²) in [6.45, 7) is 10.4. The van der Waals surface area contributed by atoms with E-state index in [0.29, 0.717) is 12.2 Å². The highest BCUT2D eigenvalue weighted by Crippen LogP contribution is 1.97. The number of carboxylic acid groups (broad SMARTS) is 2. The average molecular weight is 274 g/mol. The molecule has 4 heteroatoms. The van der Waals surface area contributed by atoms with Gasteiger partial charge in [0.1, 0.15) is 0 Å². The van der Waals surface area contributed by atoms with Crippen LogP contribution in [0, 0.1) is 0 Å². The zero-order valence-electron chi connectivity index (χ0n) is 11.1. The minimum Gasteiger partial charge on any atom is -0.478 e. The van der Waals surface area contributed by atoms with E-state index >= 15 is 0 Å². The molecule has 0 aliphatic carbocycles. The Labute approximate surface area is 118 Å². The molecule has 0 aromatic heterocycles. The molecule has 0 spiro atoms. The van der Waals surface area contributed by atoms with Gasteiger partial charge in [-0.05, 0) is 5.56 Å². The molecule has 0 bridgehead atoms. The zero-order valence-corrected chi connectivity index (χ0v) is 11.1. The Hall–Kier alpha value is -2.88. The topological polar surface area (TPSA) is 74.6 Å². The van der Waals surface area contributed by atoms with Crippen molar-refractivity contribution >= 4 is 18.0 Å². The van der Waals surface area contributed by atoms with Gasteiger partial charge in [-0.25, -0.2) is 9.59 Å². The fourth-order valence-electron chi connectivity index (χ4n) is 0.732. The Morgan fingerprint density at radius 3 is 1.45 bits per heavy atom. The summed E-state index contributed by atoms with van der Waals surface area (Å²) in [4.78, 5) is 19.1. The minimum atomic E-state index is -1.26. The summed E-state index contributed by atoms with van der Waals surface area (Å²) in [6, 6.07) is 10.0. The third-order valence-corrected chi connectivity index (χ3v) is 1.57. The summed E-state index contributed by atoms with van der Waals surface area (Å²) in [5.41, 5.74) is 1.17. The molecule has 2 N–H and O–H groups in total.